The van der Waals surface area contributed by atoms with Crippen LogP contribution in [0.3, 0.4) is 0 Å². The van der Waals surface area contributed by atoms with Gasteiger partial charge in [-0.15, -0.1) is 26.2 Å². The molecule has 2 bridgehead atoms. The third kappa shape index (κ3) is 30.1. The zero-order valence-electron chi connectivity index (χ0n) is 60.6. The molecule has 105 heavy (non-hydrogen) atoms. The van der Waals surface area contributed by atoms with E-state index in [1.54, 1.807) is 42.5 Å². The smallest absolute Gasteiger partial charge is 0.309 e. The minimum absolute atomic E-state index is 0. The summed E-state index contributed by atoms with van der Waals surface area (Å²) >= 11 is 0. The fourth-order valence-corrected chi connectivity index (χ4v) is 15.1. The van der Waals surface area contributed by atoms with E-state index in [2.05, 4.69) is 53.2 Å². The van der Waals surface area contributed by atoms with Gasteiger partial charge in [0.2, 0.25) is 35.4 Å². The average molecular weight is 1550 g/mol. The number of aromatic hydroxyl groups is 1. The number of carbonyl (C=O) groups is 10. The molecule has 3 unspecified atom stereocenters. The number of carboxylic acids is 1. The molecule has 0 saturated carbocycles. The number of nitrogens with two attached hydrogens (primary N) is 2. The number of nitrogens with zero attached hydrogens (tertiary/aromatic N) is 4. The number of aliphatic hydroxyl groups is 2. The molecule has 16 N–H and O–H groups in total. The van der Waals surface area contributed by atoms with E-state index >= 15 is 19.2 Å². The van der Waals surface area contributed by atoms with Crippen LogP contribution in [0.2, 0.25) is 0 Å². The van der Waals surface area contributed by atoms with Crippen LogP contribution in [0.5, 0.6) is 5.75 Å². The summed E-state index contributed by atoms with van der Waals surface area (Å²) in [4.78, 5) is 145. The number of allylic oxidation sites excluding steroid dienone is 2. The Bertz CT molecular complexity index is 3280. The number of rotatable bonds is 25. The number of phenols is 1. The summed E-state index contributed by atoms with van der Waals surface area (Å²) < 4.78 is 0. The molecule has 0 spiro atoms. The Kier molecular flexibility index (Phi) is 40.2. The van der Waals surface area contributed by atoms with Crippen molar-refractivity contribution in [1.82, 2.24) is 42.5 Å². The van der Waals surface area contributed by atoms with Crippen LogP contribution in [0.25, 0.3) is 26.8 Å². The molecule has 28 nitrogen and oxygen atoms in total. The van der Waals surface area contributed by atoms with E-state index in [-0.39, 0.29) is 120 Å². The van der Waals surface area contributed by atoms with Crippen molar-refractivity contribution >= 4 is 85.9 Å². The molecule has 4 heterocycles. The number of nitrogens with one attached hydrogen (secondary N) is 8. The Morgan fingerprint density at radius 2 is 1.29 bits per heavy atom. The van der Waals surface area contributed by atoms with Crippen molar-refractivity contribution in [2.75, 3.05) is 96.6 Å². The van der Waals surface area contributed by atoms with Crippen molar-refractivity contribution in [2.24, 2.45) is 29.2 Å². The number of phenolic OH excluding ortho intramolecular Hbond substituents is 1. The first kappa shape index (κ1) is 90.7. The molecule has 8 rings (SSSR count). The van der Waals surface area contributed by atoms with Crippen molar-refractivity contribution in [2.45, 2.75) is 151 Å². The standard InChI is InChI=1S/C72H102N14O14S2.2CH3.Cu/c1-45(87)55(70(99)100)36-62(92)59-38-102-101-37-52(35-61(91)57(31-47-11-4-3-5-12-47)81-63(93)16-10-17-64(94)86-72-42-78-28-25-75-39-71(74,40-76-26-29-79-43-72)41-77-27-30-80-44-72)67(96)83-58(32-48-18-22-53(89)23-19-48)60(90)34-51(33-50-21-20-49-13-6-7-14-54(49)50)66(95)82-56(15-8-9-24-73)68(97)85-65(46(2)88)69(98)84-59;;;/h3-7,11-14,18-19,21-23,45-46,51-52,55-59,65,75,78,87-89H,8-10,15-17,20,24-44,73-74H2,1-2H3,(H,81,93)(H,82,95)(H,83,96)(H,84,98)(H,85,97)(H,86,94)(H,99,100);2*1H3;/q-4;2*-1;/t45?,46?,51-,52-,55-,56-,57+,58-,59?,65-,71?,72?;;;/m0.../s1. The number of fused-ring (bicyclic) bond motifs is 16. The first-order valence-corrected chi connectivity index (χ1v) is 37.7. The van der Waals surface area contributed by atoms with Gasteiger partial charge in [-0.1, -0.05) is 94.4 Å². The molecule has 3 aromatic rings. The van der Waals surface area contributed by atoms with Gasteiger partial charge in [-0.25, -0.2) is 0 Å². The summed E-state index contributed by atoms with van der Waals surface area (Å²) in [5, 5.41) is 84.6. The van der Waals surface area contributed by atoms with Gasteiger partial charge in [0.05, 0.1) is 42.2 Å². The van der Waals surface area contributed by atoms with Gasteiger partial charge in [0, 0.05) is 98.3 Å². The molecule has 3 aromatic carbocycles. The molecule has 4 fully saturated rings. The molecule has 1 aliphatic carbocycles. The Balaban J connectivity index is 0.00000778. The molecule has 0 aromatic heterocycles. The SMILES string of the molecule is CC(O)[C@H](CC(=O)C1CSSC[C@H](CC(=O)[C@@H](Cc2ccccc2)NC(=O)CCCC(=O)NC23C[N-]CC[N-]CC(N)(C[N-]CC[N-]C2)CNCCNC3)C(=O)N[C@@H](Cc2ccc(O)cc2)C(=O)C[C@H](CC2=CCc3ccccc32)C(=O)N[C@@H](CCCCN)C(=O)N[C@@H](C(C)O)C(=O)N1)C(=O)O.[CH3-].[CH3-].[Cu]. The number of hydrogen-bond acceptors (Lipinski definition) is 19. The van der Waals surface area contributed by atoms with E-state index in [4.69, 9.17) is 22.1 Å². The maximum atomic E-state index is 15.4. The Morgan fingerprint density at radius 3 is 1.93 bits per heavy atom. The zero-order chi connectivity index (χ0) is 73.6. The van der Waals surface area contributed by atoms with Crippen LogP contribution >= 0.6 is 21.6 Å². The third-order valence-electron chi connectivity index (χ3n) is 18.5. The third-order valence-corrected chi connectivity index (χ3v) is 21.0. The quantitative estimate of drug-likeness (QED) is 0.0251. The second kappa shape index (κ2) is 46.5. The van der Waals surface area contributed by atoms with Crippen molar-refractivity contribution in [3.63, 3.8) is 0 Å². The first-order chi connectivity index (χ1) is 48.9. The summed E-state index contributed by atoms with van der Waals surface area (Å²) in [6.07, 6.45) is -2.03. The molecule has 587 valence electrons. The van der Waals surface area contributed by atoms with Gasteiger partial charge in [0.25, 0.3) is 0 Å². The molecular formula is C74H108CuN14O14S2-6. The largest absolute Gasteiger partial charge is 0.662 e. The number of aliphatic carboxylic acids is 1. The number of hydrogen-bond donors (Lipinski definition) is 14. The van der Waals surface area contributed by atoms with E-state index in [1.807, 2.05) is 30.3 Å². The van der Waals surface area contributed by atoms with Gasteiger partial charge >= 0.3 is 5.97 Å². The summed E-state index contributed by atoms with van der Waals surface area (Å²) in [7, 11) is 1.96. The van der Waals surface area contributed by atoms with Gasteiger partial charge in [-0.2, -0.15) is 26.2 Å². The maximum absolute atomic E-state index is 15.4. The maximum Gasteiger partial charge on any atom is 0.309 e. The van der Waals surface area contributed by atoms with Gasteiger partial charge in [0.1, 0.15) is 17.8 Å². The second-order valence-electron chi connectivity index (χ2n) is 27.1. The van der Waals surface area contributed by atoms with Gasteiger partial charge in [0.15, 0.2) is 17.3 Å². The summed E-state index contributed by atoms with van der Waals surface area (Å²) in [6, 6.07) is 15.1. The van der Waals surface area contributed by atoms with E-state index in [9.17, 15) is 49.2 Å². The molecular weight excluding hydrogens is 1440 g/mol. The number of unbranched alkanes of at least 4 members (excludes halogenated alkanes) is 1. The van der Waals surface area contributed by atoms with Crippen molar-refractivity contribution in [1.29, 1.82) is 0 Å². The summed E-state index contributed by atoms with van der Waals surface area (Å²) in [5.74, 6) is -12.6. The van der Waals surface area contributed by atoms with Gasteiger partial charge < -0.3 is 111 Å². The van der Waals surface area contributed by atoms with Crippen LogP contribution in [-0.2, 0) is 84.3 Å². The van der Waals surface area contributed by atoms with E-state index in [0.717, 1.165) is 38.3 Å². The molecule has 4 aliphatic heterocycles. The Labute approximate surface area is 636 Å². The van der Waals surface area contributed by atoms with Crippen LogP contribution in [0.4, 0.5) is 0 Å². The summed E-state index contributed by atoms with van der Waals surface area (Å²) in [6.45, 7) is 7.67. The Morgan fingerprint density at radius 1 is 0.676 bits per heavy atom. The molecule has 6 amide bonds. The second-order valence-corrected chi connectivity index (χ2v) is 29.7. The van der Waals surface area contributed by atoms with E-state index in [1.165, 1.54) is 26.0 Å². The number of amides is 6. The average Bonchev–Trinajstić information content (AvgIpc) is 1.70. The van der Waals surface area contributed by atoms with Gasteiger partial charge in [-0.05, 0) is 117 Å². The van der Waals surface area contributed by atoms with E-state index < -0.39 is 143 Å². The van der Waals surface area contributed by atoms with Crippen LogP contribution in [0, 0.1) is 32.6 Å². The topological polar surface area (TPSA) is 456 Å². The molecule has 5 aliphatic rings. The minimum Gasteiger partial charge on any atom is -0.662 e. The normalized spacial score (nSPS) is 24.8. The molecule has 10 atom stereocenters. The van der Waals surface area contributed by atoms with Crippen LogP contribution in [0.1, 0.15) is 100 Å². The predicted octanol–water partition coefficient (Wildman–Crippen LogP) is 3.05. The minimum atomic E-state index is -1.75. The van der Waals surface area contributed by atoms with Crippen LogP contribution < -0.4 is 54.0 Å². The number of ketones is 3. The monoisotopic (exact) mass is 1540 g/mol. The molecule has 1 radical (unpaired) electrons. The number of aliphatic hydroxyl groups excluding tert-OH is 2. The van der Waals surface area contributed by atoms with Crippen molar-refractivity contribution in [3.05, 3.63) is 143 Å². The van der Waals surface area contributed by atoms with E-state index in [0.29, 0.717) is 95.8 Å². The summed E-state index contributed by atoms with van der Waals surface area (Å²) in [5.41, 5.74) is 14.8. The molecule has 4 saturated heterocycles. The van der Waals surface area contributed by atoms with Crippen molar-refractivity contribution < 1.29 is 85.4 Å². The van der Waals surface area contributed by atoms with Crippen LogP contribution in [0.15, 0.2) is 84.9 Å². The fraction of sp³-hybridized carbons (Fsp3) is 0.568. The number of carboxylic acid groups (broad SMARTS) is 1. The number of Topliss-reactive ketones (excluding diaryl/α,β-unsaturated/α-hetero) is 3. The first-order valence-electron chi connectivity index (χ1n) is 35.2. The predicted molar refractivity (Wildman–Crippen MR) is 405 cm³/mol. The Hall–Kier alpha value is -6.68. The van der Waals surface area contributed by atoms with Gasteiger partial charge in [-0.3, -0.25) is 47.9 Å². The number of carbonyl (C=O) groups excluding carboxylic acids is 9. The molecule has 31 heteroatoms. The van der Waals surface area contributed by atoms with Crippen molar-refractivity contribution in [3.8, 4) is 5.75 Å². The fourth-order valence-electron chi connectivity index (χ4n) is 12.6. The van der Waals surface area contributed by atoms with Crippen LogP contribution in [-0.4, -0.2) is 229 Å². The zero-order valence-corrected chi connectivity index (χ0v) is 63.2. The number of benzene rings is 3.